The molecule has 0 aromatic heterocycles. The van der Waals surface area contributed by atoms with Crippen LogP contribution in [0.2, 0.25) is 0 Å². The number of amides is 4. The minimum Gasteiger partial charge on any atom is -0.490 e. The topological polar surface area (TPSA) is 172 Å². The van der Waals surface area contributed by atoms with Crippen molar-refractivity contribution >= 4 is 33.6 Å². The molecule has 2 heterocycles. The molecule has 0 spiro atoms. The quantitative estimate of drug-likeness (QED) is 0.276. The lowest BCUT2D eigenvalue weighted by molar-refractivity contribution is -0.386. The van der Waals surface area contributed by atoms with E-state index in [-0.39, 0.29) is 43.4 Å². The van der Waals surface area contributed by atoms with Crippen molar-refractivity contribution in [2.24, 2.45) is 0 Å². The van der Waals surface area contributed by atoms with E-state index in [4.69, 9.17) is 4.74 Å². The number of hydrogen-bond acceptors (Lipinski definition) is 9. The molecule has 2 saturated heterocycles. The van der Waals surface area contributed by atoms with Crippen molar-refractivity contribution in [3.63, 3.8) is 0 Å². The number of nitro groups is 1. The molecule has 1 unspecified atom stereocenters. The molecule has 2 aliphatic rings. The van der Waals surface area contributed by atoms with Crippen molar-refractivity contribution in [2.45, 2.75) is 30.7 Å². The van der Waals surface area contributed by atoms with Crippen molar-refractivity contribution in [2.75, 3.05) is 39.8 Å². The first-order valence-electron chi connectivity index (χ1n) is 10.4. The van der Waals surface area contributed by atoms with Crippen LogP contribution in [0.5, 0.6) is 5.75 Å². The van der Waals surface area contributed by atoms with Crippen LogP contribution in [-0.2, 0) is 19.6 Å². The summed E-state index contributed by atoms with van der Waals surface area (Å²) in [7, 11) is -2.75. The Morgan fingerprint density at radius 3 is 2.44 bits per heavy atom. The maximum absolute atomic E-state index is 13.0. The number of piperazine rings is 1. The van der Waals surface area contributed by atoms with Gasteiger partial charge in [0.15, 0.2) is 5.75 Å². The Bertz CT molecular complexity index is 1120. The summed E-state index contributed by atoms with van der Waals surface area (Å²) in [5, 5.41) is 14.4. The third-order valence-electron chi connectivity index (χ3n) is 5.89. The maximum Gasteiger partial charge on any atom is 0.344 e. The van der Waals surface area contributed by atoms with Crippen molar-refractivity contribution in [3.8, 4) is 5.75 Å². The first kappa shape index (κ1) is 25.3. The van der Waals surface area contributed by atoms with Gasteiger partial charge in [-0.15, -0.1) is 0 Å². The molecule has 0 saturated carbocycles. The molecule has 14 nitrogen and oxygen atoms in total. The van der Waals surface area contributed by atoms with E-state index in [0.29, 0.717) is 11.4 Å². The molecule has 2 aliphatic heterocycles. The maximum atomic E-state index is 13.0. The van der Waals surface area contributed by atoms with Crippen LogP contribution < -0.4 is 15.5 Å². The third-order valence-corrected chi connectivity index (χ3v) is 7.78. The summed E-state index contributed by atoms with van der Waals surface area (Å²) in [6.45, 7) is 3.66. The van der Waals surface area contributed by atoms with Crippen molar-refractivity contribution in [1.82, 2.24) is 25.0 Å². The summed E-state index contributed by atoms with van der Waals surface area (Å²) in [6, 6.07) is 2.71. The van der Waals surface area contributed by atoms with Gasteiger partial charge >= 0.3 is 11.7 Å². The van der Waals surface area contributed by atoms with Gasteiger partial charge in [0.25, 0.3) is 11.8 Å². The van der Waals surface area contributed by atoms with E-state index in [9.17, 15) is 32.9 Å². The number of hydrazine groups is 1. The Hall–Kier alpha value is -3.30. The van der Waals surface area contributed by atoms with E-state index < -0.39 is 44.0 Å². The molecule has 2 fully saturated rings. The zero-order valence-corrected chi connectivity index (χ0v) is 19.8. The first-order valence-corrected chi connectivity index (χ1v) is 11.9. The highest BCUT2D eigenvalue weighted by molar-refractivity contribution is 7.89. The van der Waals surface area contributed by atoms with Crippen LogP contribution in [0.25, 0.3) is 0 Å². The molecule has 4 amide bonds. The lowest BCUT2D eigenvalue weighted by Gasteiger charge is -2.33. The van der Waals surface area contributed by atoms with Crippen molar-refractivity contribution in [1.29, 1.82) is 0 Å². The first-order chi connectivity index (χ1) is 15.9. The number of rotatable bonds is 8. The number of hydrogen-bond donors (Lipinski definition) is 2. The summed E-state index contributed by atoms with van der Waals surface area (Å²) in [5.74, 6) is -1.20. The average molecular weight is 499 g/mol. The highest BCUT2D eigenvalue weighted by atomic mass is 32.2. The second-order valence-electron chi connectivity index (χ2n) is 8.06. The van der Waals surface area contributed by atoms with Gasteiger partial charge in [-0.3, -0.25) is 30.0 Å². The lowest BCUT2D eigenvalue weighted by Crippen LogP contribution is -2.54. The number of sulfonamides is 1. The zero-order valence-electron chi connectivity index (χ0n) is 18.9. The van der Waals surface area contributed by atoms with Crippen LogP contribution in [0, 0.1) is 10.1 Å². The largest absolute Gasteiger partial charge is 0.490 e. The molecule has 0 bridgehead atoms. The highest BCUT2D eigenvalue weighted by Gasteiger charge is 2.47. The minimum absolute atomic E-state index is 0.0481. The summed E-state index contributed by atoms with van der Waals surface area (Å²) in [6.07, 6.45) is 0.359. The number of benzene rings is 1. The minimum atomic E-state index is -4.00. The monoisotopic (exact) mass is 498 g/mol. The zero-order chi connectivity index (χ0) is 25.3. The number of nitro benzene ring substituents is 1. The van der Waals surface area contributed by atoms with Crippen LogP contribution in [0.4, 0.5) is 10.5 Å². The molecule has 0 radical (unpaired) electrons. The SMILES string of the molecule is CCC1(C)NC(=O)N(NC(=O)CN2CCN(S(=O)(=O)c3ccc(OC)c([N+](=O)[O-])c3)CC2)C1=O. The third kappa shape index (κ3) is 4.80. The molecular weight excluding hydrogens is 472 g/mol. The van der Waals surface area contributed by atoms with Gasteiger partial charge in [0.2, 0.25) is 10.0 Å². The van der Waals surface area contributed by atoms with Gasteiger partial charge in [-0.2, -0.15) is 9.31 Å². The number of nitrogens with zero attached hydrogens (tertiary/aromatic N) is 4. The summed E-state index contributed by atoms with van der Waals surface area (Å²) >= 11 is 0. The molecular formula is C19H26N6O8S. The Morgan fingerprint density at radius 2 is 1.91 bits per heavy atom. The number of urea groups is 1. The van der Waals surface area contributed by atoms with Crippen LogP contribution in [0.1, 0.15) is 20.3 Å². The fraction of sp³-hybridized carbons (Fsp3) is 0.526. The molecule has 2 N–H and O–H groups in total. The highest BCUT2D eigenvalue weighted by Crippen LogP contribution is 2.30. The van der Waals surface area contributed by atoms with Gasteiger partial charge < -0.3 is 10.1 Å². The van der Waals surface area contributed by atoms with E-state index in [0.717, 1.165) is 6.07 Å². The number of imide groups is 1. The Labute approximate surface area is 196 Å². The van der Waals surface area contributed by atoms with E-state index >= 15 is 0 Å². The molecule has 1 aromatic carbocycles. The standard InChI is InChI=1S/C19H26N6O8S/c1-4-19(2)17(27)24(18(28)20-19)21-16(26)12-22-7-9-23(10-8-22)34(31,32)13-5-6-15(33-3)14(11-13)25(29)30/h5-6,11H,4,7-10,12H2,1-3H3,(H,20,28)(H,21,26). The van der Waals surface area contributed by atoms with Gasteiger partial charge in [-0.25, -0.2) is 13.2 Å². The Kier molecular flexibility index (Phi) is 7.09. The van der Waals surface area contributed by atoms with E-state index in [1.165, 1.54) is 23.5 Å². The van der Waals surface area contributed by atoms with E-state index in [1.54, 1.807) is 18.7 Å². The van der Waals surface area contributed by atoms with Crippen LogP contribution in [0.3, 0.4) is 0 Å². The van der Waals surface area contributed by atoms with E-state index in [2.05, 4.69) is 10.7 Å². The normalized spacial score (nSPS) is 21.9. The fourth-order valence-corrected chi connectivity index (χ4v) is 5.08. The number of carbonyl (C=O) groups excluding carboxylic acids is 3. The Morgan fingerprint density at radius 1 is 1.26 bits per heavy atom. The molecule has 34 heavy (non-hydrogen) atoms. The van der Waals surface area contributed by atoms with Crippen LogP contribution in [-0.4, -0.2) is 90.8 Å². The summed E-state index contributed by atoms with van der Waals surface area (Å²) in [5.41, 5.74) is 0.752. The second-order valence-corrected chi connectivity index (χ2v) is 10.0. The Balaban J connectivity index is 1.59. The van der Waals surface area contributed by atoms with Gasteiger partial charge in [0.1, 0.15) is 5.54 Å². The number of ether oxygens (including phenoxy) is 1. The van der Waals surface area contributed by atoms with Gasteiger partial charge in [0.05, 0.1) is 23.5 Å². The van der Waals surface area contributed by atoms with Gasteiger partial charge in [-0.1, -0.05) is 6.92 Å². The molecule has 1 aromatic rings. The van der Waals surface area contributed by atoms with Crippen LogP contribution in [0.15, 0.2) is 23.1 Å². The number of carbonyl (C=O) groups is 3. The van der Waals surface area contributed by atoms with Crippen molar-refractivity contribution < 1.29 is 32.5 Å². The molecule has 3 rings (SSSR count). The number of methoxy groups -OCH3 is 1. The second kappa shape index (κ2) is 9.52. The predicted molar refractivity (Wildman–Crippen MR) is 117 cm³/mol. The summed E-state index contributed by atoms with van der Waals surface area (Å²) in [4.78, 5) is 48.7. The van der Waals surface area contributed by atoms with Gasteiger partial charge in [0, 0.05) is 32.2 Å². The molecule has 1 atom stereocenters. The summed E-state index contributed by atoms with van der Waals surface area (Å²) < 4.78 is 32.0. The van der Waals surface area contributed by atoms with Crippen LogP contribution >= 0.6 is 0 Å². The van der Waals surface area contributed by atoms with Crippen molar-refractivity contribution in [3.05, 3.63) is 28.3 Å². The number of nitrogens with one attached hydrogen (secondary N) is 2. The predicted octanol–water partition coefficient (Wildman–Crippen LogP) is -0.339. The lowest BCUT2D eigenvalue weighted by atomic mass is 10.00. The fourth-order valence-electron chi connectivity index (χ4n) is 3.64. The molecule has 0 aliphatic carbocycles. The smallest absolute Gasteiger partial charge is 0.344 e. The van der Waals surface area contributed by atoms with E-state index in [1.807, 2.05) is 0 Å². The van der Waals surface area contributed by atoms with Gasteiger partial charge in [-0.05, 0) is 25.5 Å². The molecule has 15 heteroatoms. The average Bonchev–Trinajstić information content (AvgIpc) is 3.02. The molecule has 186 valence electrons.